The minimum atomic E-state index is -0.618. The van der Waals surface area contributed by atoms with E-state index in [1.165, 1.54) is 27.2 Å². The number of hydrogen-bond acceptors (Lipinski definition) is 3. The first-order valence-corrected chi connectivity index (χ1v) is 10.1. The van der Waals surface area contributed by atoms with Gasteiger partial charge in [0.05, 0.1) is 6.54 Å². The minimum Gasteiger partial charge on any atom is -0.448 e. The summed E-state index contributed by atoms with van der Waals surface area (Å²) < 4.78 is 5.78. The van der Waals surface area contributed by atoms with Gasteiger partial charge in [0.25, 0.3) is 0 Å². The molecule has 1 N–H and O–H groups in total. The molecule has 3 aromatic carbocycles. The second-order valence-corrected chi connectivity index (χ2v) is 7.75. The molecule has 0 saturated carbocycles. The normalized spacial score (nSPS) is 17.4. The maximum atomic E-state index is 13.0. The fourth-order valence-electron chi connectivity index (χ4n) is 4.38. The number of nitrogens with zero attached hydrogens (tertiary/aromatic N) is 1. The van der Waals surface area contributed by atoms with E-state index in [2.05, 4.69) is 29.6 Å². The van der Waals surface area contributed by atoms with Crippen LogP contribution in [0.1, 0.15) is 29.5 Å². The molecule has 1 heterocycles. The highest BCUT2D eigenvalue weighted by atomic mass is 16.6. The van der Waals surface area contributed by atoms with Gasteiger partial charge >= 0.3 is 6.09 Å². The van der Waals surface area contributed by atoms with Gasteiger partial charge in [0.1, 0.15) is 12.6 Å². The molecule has 0 radical (unpaired) electrons. The monoisotopic (exact) mass is 398 g/mol. The molecule has 1 unspecified atom stereocenters. The van der Waals surface area contributed by atoms with E-state index in [0.717, 1.165) is 11.3 Å². The van der Waals surface area contributed by atoms with Crippen LogP contribution in [0.15, 0.2) is 72.8 Å². The largest absolute Gasteiger partial charge is 0.448 e. The number of rotatable bonds is 2. The van der Waals surface area contributed by atoms with Gasteiger partial charge in [-0.25, -0.2) is 4.79 Å². The van der Waals surface area contributed by atoms with Crippen molar-refractivity contribution < 1.29 is 14.3 Å². The molecule has 30 heavy (non-hydrogen) atoms. The fourth-order valence-corrected chi connectivity index (χ4v) is 4.38. The maximum absolute atomic E-state index is 13.0. The molecule has 1 aliphatic heterocycles. The molecule has 1 atom stereocenters. The van der Waals surface area contributed by atoms with E-state index in [4.69, 9.17) is 4.74 Å². The summed E-state index contributed by atoms with van der Waals surface area (Å²) in [5.41, 5.74) is 6.33. The van der Waals surface area contributed by atoms with Crippen LogP contribution in [-0.4, -0.2) is 29.5 Å². The van der Waals surface area contributed by atoms with Crippen LogP contribution >= 0.6 is 0 Å². The molecule has 3 aromatic rings. The summed E-state index contributed by atoms with van der Waals surface area (Å²) in [5, 5.41) is 2.89. The maximum Gasteiger partial charge on any atom is 0.410 e. The lowest BCUT2D eigenvalue weighted by molar-refractivity contribution is -0.120. The van der Waals surface area contributed by atoms with E-state index < -0.39 is 12.1 Å². The van der Waals surface area contributed by atoms with Crippen molar-refractivity contribution in [1.29, 1.82) is 0 Å². The lowest BCUT2D eigenvalue weighted by Crippen LogP contribution is -2.43. The van der Waals surface area contributed by atoms with Gasteiger partial charge in [-0.3, -0.25) is 9.69 Å². The lowest BCUT2D eigenvalue weighted by Gasteiger charge is -2.26. The molecule has 5 nitrogen and oxygen atoms in total. The van der Waals surface area contributed by atoms with Crippen LogP contribution in [0.4, 0.5) is 10.5 Å². The Balaban J connectivity index is 1.38. The SMILES string of the molecule is CC1C(=O)Nc2ccccc2CN1C(=O)OCC1c2ccccc2-c2ccccc21. The molecule has 0 fully saturated rings. The second-order valence-electron chi connectivity index (χ2n) is 7.75. The summed E-state index contributed by atoms with van der Waals surface area (Å²) in [6, 6.07) is 23.4. The number of benzene rings is 3. The van der Waals surface area contributed by atoms with Gasteiger partial charge in [-0.2, -0.15) is 0 Å². The van der Waals surface area contributed by atoms with Crippen LogP contribution in [0, 0.1) is 0 Å². The van der Waals surface area contributed by atoms with E-state index in [1.807, 2.05) is 48.5 Å². The third-order valence-corrected chi connectivity index (χ3v) is 6.03. The zero-order valence-electron chi connectivity index (χ0n) is 16.7. The highest BCUT2D eigenvalue weighted by Gasteiger charge is 2.33. The molecular formula is C25H22N2O3. The zero-order valence-corrected chi connectivity index (χ0v) is 16.7. The molecule has 0 aromatic heterocycles. The highest BCUT2D eigenvalue weighted by Crippen LogP contribution is 2.44. The van der Waals surface area contributed by atoms with E-state index in [0.29, 0.717) is 6.54 Å². The summed E-state index contributed by atoms with van der Waals surface area (Å²) in [4.78, 5) is 27.0. The Labute approximate surface area is 175 Å². The molecule has 0 spiro atoms. The van der Waals surface area contributed by atoms with E-state index in [-0.39, 0.29) is 18.4 Å². The van der Waals surface area contributed by atoms with Crippen molar-refractivity contribution in [2.45, 2.75) is 25.4 Å². The summed E-state index contributed by atoms with van der Waals surface area (Å²) in [5.74, 6) is -0.224. The van der Waals surface area contributed by atoms with Gasteiger partial charge < -0.3 is 10.1 Å². The number of fused-ring (bicyclic) bond motifs is 4. The van der Waals surface area contributed by atoms with Crippen molar-refractivity contribution in [2.75, 3.05) is 11.9 Å². The Bertz CT molecular complexity index is 1090. The van der Waals surface area contributed by atoms with Crippen LogP contribution in [0.3, 0.4) is 0 Å². The number of ether oxygens (including phenoxy) is 1. The van der Waals surface area contributed by atoms with Gasteiger partial charge in [-0.15, -0.1) is 0 Å². The summed E-state index contributed by atoms with van der Waals surface area (Å²) in [7, 11) is 0. The Hall–Kier alpha value is -3.60. The molecular weight excluding hydrogens is 376 g/mol. The first-order chi connectivity index (χ1) is 14.6. The van der Waals surface area contributed by atoms with Crippen molar-refractivity contribution in [3.8, 4) is 11.1 Å². The van der Waals surface area contributed by atoms with Crippen molar-refractivity contribution in [3.05, 3.63) is 89.5 Å². The van der Waals surface area contributed by atoms with Crippen LogP contribution in [0.2, 0.25) is 0 Å². The summed E-state index contributed by atoms with van der Waals surface area (Å²) >= 11 is 0. The average Bonchev–Trinajstić information content (AvgIpc) is 3.03. The Morgan fingerprint density at radius 1 is 0.967 bits per heavy atom. The first kappa shape index (κ1) is 18.4. The summed E-state index contributed by atoms with van der Waals surface area (Å²) in [6.45, 7) is 2.29. The van der Waals surface area contributed by atoms with Crippen LogP contribution in [-0.2, 0) is 16.1 Å². The average molecular weight is 398 g/mol. The number of nitrogens with one attached hydrogen (secondary N) is 1. The number of carbonyl (C=O) groups excluding carboxylic acids is 2. The Morgan fingerprint density at radius 3 is 2.27 bits per heavy atom. The van der Waals surface area contributed by atoms with Gasteiger partial charge in [-0.05, 0) is 40.8 Å². The molecule has 2 amide bonds. The first-order valence-electron chi connectivity index (χ1n) is 10.1. The van der Waals surface area contributed by atoms with Crippen molar-refractivity contribution in [1.82, 2.24) is 4.90 Å². The molecule has 0 bridgehead atoms. The lowest BCUT2D eigenvalue weighted by atomic mass is 9.98. The highest BCUT2D eigenvalue weighted by molar-refractivity contribution is 5.97. The standard InChI is InChI=1S/C25H22N2O3/c1-16-24(28)26-23-13-7-2-8-17(23)14-27(16)25(29)30-15-22-20-11-5-3-9-18(20)19-10-4-6-12-21(19)22/h2-13,16,22H,14-15H2,1H3,(H,26,28). The predicted octanol–water partition coefficient (Wildman–Crippen LogP) is 4.78. The van der Waals surface area contributed by atoms with Crippen molar-refractivity contribution in [3.63, 3.8) is 0 Å². The number of para-hydroxylation sites is 1. The molecule has 2 aliphatic rings. The number of anilines is 1. The quantitative estimate of drug-likeness (QED) is 0.676. The van der Waals surface area contributed by atoms with Gasteiger partial charge in [0.15, 0.2) is 0 Å². The van der Waals surface area contributed by atoms with Gasteiger partial charge in [-0.1, -0.05) is 66.7 Å². The van der Waals surface area contributed by atoms with Gasteiger partial charge in [0.2, 0.25) is 5.91 Å². The Kier molecular flexibility index (Phi) is 4.51. The van der Waals surface area contributed by atoms with E-state index in [9.17, 15) is 9.59 Å². The smallest absolute Gasteiger partial charge is 0.410 e. The molecule has 5 heteroatoms. The molecule has 5 rings (SSSR count). The van der Waals surface area contributed by atoms with E-state index in [1.54, 1.807) is 6.92 Å². The third kappa shape index (κ3) is 3.03. The molecule has 150 valence electrons. The van der Waals surface area contributed by atoms with Crippen molar-refractivity contribution in [2.24, 2.45) is 0 Å². The van der Waals surface area contributed by atoms with Crippen LogP contribution in [0.25, 0.3) is 11.1 Å². The number of hydrogen-bond donors (Lipinski definition) is 1. The van der Waals surface area contributed by atoms with Crippen LogP contribution < -0.4 is 5.32 Å². The fraction of sp³-hybridized carbons (Fsp3) is 0.200. The van der Waals surface area contributed by atoms with Gasteiger partial charge in [0, 0.05) is 11.6 Å². The predicted molar refractivity (Wildman–Crippen MR) is 115 cm³/mol. The van der Waals surface area contributed by atoms with E-state index >= 15 is 0 Å². The second kappa shape index (κ2) is 7.34. The topological polar surface area (TPSA) is 58.6 Å². The molecule has 1 aliphatic carbocycles. The number of carbonyl (C=O) groups is 2. The van der Waals surface area contributed by atoms with Crippen molar-refractivity contribution >= 4 is 17.7 Å². The third-order valence-electron chi connectivity index (χ3n) is 6.03. The Morgan fingerprint density at radius 2 is 1.57 bits per heavy atom. The minimum absolute atomic E-state index is 0.00949. The zero-order chi connectivity index (χ0) is 20.7. The van der Waals surface area contributed by atoms with Crippen LogP contribution in [0.5, 0.6) is 0 Å². The summed E-state index contributed by atoms with van der Waals surface area (Å²) in [6.07, 6.45) is -0.476. The molecule has 0 saturated heterocycles. The number of amides is 2.